The monoisotopic (exact) mass is 317 g/mol. The Balaban J connectivity index is 0.00000220. The zero-order chi connectivity index (χ0) is 14.5. The summed E-state index contributed by atoms with van der Waals surface area (Å²) in [5.41, 5.74) is 0.202. The average molecular weight is 318 g/mol. The van der Waals surface area contributed by atoms with E-state index in [1.54, 1.807) is 18.7 Å². The number of hydrogen-bond donors (Lipinski definition) is 1. The van der Waals surface area contributed by atoms with Crippen LogP contribution in [0.4, 0.5) is 0 Å². The van der Waals surface area contributed by atoms with Crippen molar-refractivity contribution < 1.29 is 19.1 Å². The first-order valence-corrected chi connectivity index (χ1v) is 6.79. The number of carbonyl (C=O) groups is 2. The molecule has 2 rings (SSSR count). The van der Waals surface area contributed by atoms with Crippen molar-refractivity contribution in [3.05, 3.63) is 11.8 Å². The molecular formula is C13H20ClN3O4. The molecule has 1 fully saturated rings. The van der Waals surface area contributed by atoms with E-state index in [2.05, 4.69) is 10.2 Å². The van der Waals surface area contributed by atoms with Crippen LogP contribution >= 0.6 is 12.4 Å². The molecule has 1 atom stereocenters. The topological polar surface area (TPSA) is 84.5 Å². The molecule has 1 unspecified atom stereocenters. The van der Waals surface area contributed by atoms with Crippen LogP contribution in [0.5, 0.6) is 5.88 Å². The van der Waals surface area contributed by atoms with E-state index in [9.17, 15) is 9.59 Å². The highest BCUT2D eigenvalue weighted by atomic mass is 35.5. The number of H-pyrrole nitrogens is 1. The van der Waals surface area contributed by atoms with E-state index < -0.39 is 12.1 Å². The Bertz CT molecular complexity index is 486. The Morgan fingerprint density at radius 1 is 1.43 bits per heavy atom. The normalized spacial score (nSPS) is 15.2. The zero-order valence-electron chi connectivity index (χ0n) is 12.1. The van der Waals surface area contributed by atoms with Gasteiger partial charge >= 0.3 is 5.97 Å². The summed E-state index contributed by atoms with van der Waals surface area (Å²) < 4.78 is 10.4. The lowest BCUT2D eigenvalue weighted by atomic mass is 10.3. The van der Waals surface area contributed by atoms with Gasteiger partial charge in [-0.25, -0.2) is 9.89 Å². The van der Waals surface area contributed by atoms with E-state index in [0.29, 0.717) is 0 Å². The summed E-state index contributed by atoms with van der Waals surface area (Å²) in [4.78, 5) is 25.6. The maximum absolute atomic E-state index is 12.1. The lowest BCUT2D eigenvalue weighted by Crippen LogP contribution is -2.38. The molecule has 7 nitrogen and oxygen atoms in total. The summed E-state index contributed by atoms with van der Waals surface area (Å²) in [5, 5.41) is 6.34. The van der Waals surface area contributed by atoms with E-state index in [0.717, 1.165) is 25.9 Å². The van der Waals surface area contributed by atoms with Gasteiger partial charge in [-0.15, -0.1) is 12.4 Å². The van der Waals surface area contributed by atoms with Gasteiger partial charge in [-0.2, -0.15) is 5.10 Å². The third-order valence-electron chi connectivity index (χ3n) is 3.16. The number of halogens is 1. The maximum atomic E-state index is 12.1. The second-order valence-electron chi connectivity index (χ2n) is 4.63. The number of nitrogens with one attached hydrogen (secondary N) is 1. The summed E-state index contributed by atoms with van der Waals surface area (Å²) in [7, 11) is 0. The molecule has 0 radical (unpaired) electrons. The minimum Gasteiger partial charge on any atom is -0.464 e. The number of hydrogen-bond acceptors (Lipinski definition) is 5. The fourth-order valence-electron chi connectivity index (χ4n) is 2.14. The fourth-order valence-corrected chi connectivity index (χ4v) is 2.14. The van der Waals surface area contributed by atoms with Crippen molar-refractivity contribution in [1.29, 1.82) is 0 Å². The quantitative estimate of drug-likeness (QED) is 0.830. The Labute approximate surface area is 129 Å². The van der Waals surface area contributed by atoms with Gasteiger partial charge in [-0.1, -0.05) is 0 Å². The molecule has 0 aromatic carbocycles. The first kappa shape index (κ1) is 17.3. The Kier molecular flexibility index (Phi) is 6.48. The number of rotatable bonds is 5. The highest BCUT2D eigenvalue weighted by Gasteiger charge is 2.26. The molecule has 8 heteroatoms. The summed E-state index contributed by atoms with van der Waals surface area (Å²) in [5.74, 6) is -0.424. The highest BCUT2D eigenvalue weighted by molar-refractivity contribution is 5.91. The van der Waals surface area contributed by atoms with Gasteiger partial charge < -0.3 is 14.4 Å². The first-order valence-electron chi connectivity index (χ1n) is 6.79. The Hall–Kier alpha value is -1.76. The van der Waals surface area contributed by atoms with Crippen molar-refractivity contribution in [2.24, 2.45) is 0 Å². The van der Waals surface area contributed by atoms with Crippen LogP contribution in [0.25, 0.3) is 0 Å². The molecule has 1 aliphatic heterocycles. The van der Waals surface area contributed by atoms with Gasteiger partial charge in [0, 0.05) is 13.1 Å². The Morgan fingerprint density at radius 3 is 2.71 bits per heavy atom. The van der Waals surface area contributed by atoms with E-state index in [-0.39, 0.29) is 36.4 Å². The molecule has 1 saturated heterocycles. The minimum absolute atomic E-state index is 0. The van der Waals surface area contributed by atoms with Crippen LogP contribution in [0.2, 0.25) is 0 Å². The number of nitrogens with zero attached hydrogens (tertiary/aromatic N) is 2. The van der Waals surface area contributed by atoms with Gasteiger partial charge in [0.1, 0.15) is 5.56 Å². The largest absolute Gasteiger partial charge is 0.464 e. The minimum atomic E-state index is -0.665. The molecule has 1 aromatic heterocycles. The van der Waals surface area contributed by atoms with E-state index >= 15 is 0 Å². The summed E-state index contributed by atoms with van der Waals surface area (Å²) in [6.45, 7) is 5.18. The molecule has 118 valence electrons. The van der Waals surface area contributed by atoms with Gasteiger partial charge in [-0.05, 0) is 26.7 Å². The number of ether oxygens (including phenoxy) is 2. The van der Waals surface area contributed by atoms with Crippen LogP contribution in [0.3, 0.4) is 0 Å². The first-order chi connectivity index (χ1) is 9.63. The predicted molar refractivity (Wildman–Crippen MR) is 77.7 cm³/mol. The van der Waals surface area contributed by atoms with Crippen LogP contribution in [0.1, 0.15) is 37.0 Å². The second-order valence-corrected chi connectivity index (χ2v) is 4.63. The molecule has 1 aliphatic rings. The third-order valence-corrected chi connectivity index (χ3v) is 3.16. The molecule has 21 heavy (non-hydrogen) atoms. The number of carbonyl (C=O) groups excluding carboxylic acids is 2. The number of aromatic nitrogens is 2. The summed E-state index contributed by atoms with van der Waals surface area (Å²) in [6, 6.07) is 0. The van der Waals surface area contributed by atoms with E-state index in [1.807, 2.05) is 0 Å². The van der Waals surface area contributed by atoms with Gasteiger partial charge in [0.25, 0.3) is 5.91 Å². The molecule has 0 saturated carbocycles. The molecule has 2 heterocycles. The van der Waals surface area contributed by atoms with Crippen molar-refractivity contribution in [1.82, 2.24) is 15.1 Å². The standard InChI is InChI=1S/C13H19N3O4.ClH/c1-3-19-13(18)10-8-14-15-11(10)20-9(2)12(17)16-6-4-5-7-16;/h8-9H,3-7H2,1-2H3,(H,14,15);1H. The molecule has 0 bridgehead atoms. The van der Waals surface area contributed by atoms with Crippen LogP contribution < -0.4 is 4.74 Å². The van der Waals surface area contributed by atoms with Gasteiger partial charge in [0.15, 0.2) is 6.10 Å². The lowest BCUT2D eigenvalue weighted by molar-refractivity contribution is -0.136. The van der Waals surface area contributed by atoms with Crippen LogP contribution in [0.15, 0.2) is 6.20 Å². The smallest absolute Gasteiger partial charge is 0.345 e. The van der Waals surface area contributed by atoms with Crippen LogP contribution in [-0.2, 0) is 9.53 Å². The molecular weight excluding hydrogens is 298 g/mol. The molecule has 0 aliphatic carbocycles. The van der Waals surface area contributed by atoms with E-state index in [1.165, 1.54) is 6.20 Å². The third kappa shape index (κ3) is 4.10. The van der Waals surface area contributed by atoms with Crippen molar-refractivity contribution in [2.75, 3.05) is 19.7 Å². The molecule has 1 amide bonds. The van der Waals surface area contributed by atoms with E-state index in [4.69, 9.17) is 9.47 Å². The average Bonchev–Trinajstić information content (AvgIpc) is 3.09. The maximum Gasteiger partial charge on any atom is 0.345 e. The van der Waals surface area contributed by atoms with Crippen molar-refractivity contribution in [3.8, 4) is 5.88 Å². The van der Waals surface area contributed by atoms with Crippen LogP contribution in [0, 0.1) is 0 Å². The number of esters is 1. The number of aromatic amines is 1. The predicted octanol–water partition coefficient (Wildman–Crippen LogP) is 1.40. The van der Waals surface area contributed by atoms with Gasteiger partial charge in [0.2, 0.25) is 5.88 Å². The van der Waals surface area contributed by atoms with Crippen molar-refractivity contribution in [3.63, 3.8) is 0 Å². The zero-order valence-corrected chi connectivity index (χ0v) is 12.9. The van der Waals surface area contributed by atoms with Crippen molar-refractivity contribution in [2.45, 2.75) is 32.8 Å². The summed E-state index contributed by atoms with van der Waals surface area (Å²) in [6.07, 6.45) is 2.72. The number of amides is 1. The Morgan fingerprint density at radius 2 is 2.10 bits per heavy atom. The SMILES string of the molecule is CCOC(=O)c1cn[nH]c1OC(C)C(=O)N1CCCC1.Cl. The van der Waals surface area contributed by atoms with Crippen molar-refractivity contribution >= 4 is 24.3 Å². The highest BCUT2D eigenvalue weighted by Crippen LogP contribution is 2.18. The summed E-state index contributed by atoms with van der Waals surface area (Å²) >= 11 is 0. The van der Waals surface area contributed by atoms with Gasteiger partial charge in [0.05, 0.1) is 12.8 Å². The molecule has 1 aromatic rings. The van der Waals surface area contributed by atoms with Crippen LogP contribution in [-0.4, -0.2) is 52.8 Å². The number of likely N-dealkylation sites (tertiary alicyclic amines) is 1. The molecule has 1 N–H and O–H groups in total. The fraction of sp³-hybridized carbons (Fsp3) is 0.615. The second kappa shape index (κ2) is 7.87. The molecule has 0 spiro atoms. The lowest BCUT2D eigenvalue weighted by Gasteiger charge is -2.20. The van der Waals surface area contributed by atoms with Gasteiger partial charge in [-0.3, -0.25) is 4.79 Å².